The van der Waals surface area contributed by atoms with E-state index in [0.717, 1.165) is 12.8 Å². The van der Waals surface area contributed by atoms with Gasteiger partial charge in [0, 0.05) is 0 Å². The lowest BCUT2D eigenvalue weighted by Crippen LogP contribution is -2.70. The van der Waals surface area contributed by atoms with Gasteiger partial charge < -0.3 is 24.3 Å². The van der Waals surface area contributed by atoms with E-state index in [1.807, 2.05) is 6.92 Å². The van der Waals surface area contributed by atoms with Gasteiger partial charge in [0.25, 0.3) is 0 Å². The minimum Gasteiger partial charge on any atom is -0.466 e. The molecular formula is C15H19N3O7. The number of hydrogen-bond donors (Lipinski definition) is 0. The van der Waals surface area contributed by atoms with Crippen LogP contribution in [-0.2, 0) is 14.3 Å². The molecule has 0 spiro atoms. The Morgan fingerprint density at radius 3 is 2.76 bits per heavy atom. The highest BCUT2D eigenvalue weighted by molar-refractivity contribution is 5.85. The van der Waals surface area contributed by atoms with Crippen LogP contribution in [0.4, 0.5) is 10.6 Å². The van der Waals surface area contributed by atoms with Crippen molar-refractivity contribution in [1.29, 1.82) is 0 Å². The number of rotatable bonds is 7. The topological polar surface area (TPSA) is 121 Å². The monoisotopic (exact) mass is 353 g/mol. The molecule has 25 heavy (non-hydrogen) atoms. The predicted molar refractivity (Wildman–Crippen MR) is 84.1 cm³/mol. The molecule has 0 bridgehead atoms. The van der Waals surface area contributed by atoms with Crippen molar-refractivity contribution < 1.29 is 28.7 Å². The van der Waals surface area contributed by atoms with Gasteiger partial charge in [-0.05, 0) is 28.5 Å². The molecule has 1 aliphatic heterocycles. The number of methoxy groups -OCH3 is 1. The Labute approximate surface area is 143 Å². The average molecular weight is 353 g/mol. The van der Waals surface area contributed by atoms with Gasteiger partial charge >= 0.3 is 17.9 Å². The van der Waals surface area contributed by atoms with Gasteiger partial charge in [-0.3, -0.25) is 4.90 Å². The van der Waals surface area contributed by atoms with Gasteiger partial charge in [-0.1, -0.05) is 13.3 Å². The van der Waals surface area contributed by atoms with E-state index in [-0.39, 0.29) is 25.4 Å². The van der Waals surface area contributed by atoms with Crippen molar-refractivity contribution in [1.82, 2.24) is 9.88 Å². The van der Waals surface area contributed by atoms with Gasteiger partial charge in [-0.15, -0.1) is 0 Å². The fraction of sp³-hybridized carbons (Fsp3) is 0.533. The molecule has 0 aromatic carbocycles. The zero-order valence-corrected chi connectivity index (χ0v) is 14.0. The Kier molecular flexibility index (Phi) is 5.73. The van der Waals surface area contributed by atoms with Crippen LogP contribution in [0.1, 0.15) is 19.8 Å². The number of likely N-dealkylation sites (tertiary alicyclic amines) is 1. The summed E-state index contributed by atoms with van der Waals surface area (Å²) >= 11 is 0. The molecule has 1 aromatic rings. The first kappa shape index (κ1) is 18.4. The molecular weight excluding hydrogens is 334 g/mol. The number of hydrogen-bond acceptors (Lipinski definition) is 8. The highest BCUT2D eigenvalue weighted by atomic mass is 16.6. The maximum Gasteiger partial charge on any atom is 0.410 e. The first-order chi connectivity index (χ1) is 11.9. The maximum absolute atomic E-state index is 12.1. The van der Waals surface area contributed by atoms with Crippen molar-refractivity contribution in [3.63, 3.8) is 0 Å². The van der Waals surface area contributed by atoms with Crippen LogP contribution in [-0.4, -0.2) is 59.3 Å². The second kappa shape index (κ2) is 7.77. The highest BCUT2D eigenvalue weighted by Crippen LogP contribution is 2.33. The number of unbranched alkanes of at least 4 members (excludes halogenated alkanes) is 1. The average Bonchev–Trinajstić information content (AvgIpc) is 2.57. The predicted octanol–water partition coefficient (Wildman–Crippen LogP) is 1.53. The van der Waals surface area contributed by atoms with Crippen LogP contribution in [0.2, 0.25) is 0 Å². The molecule has 1 amide bonds. The van der Waals surface area contributed by atoms with Crippen molar-refractivity contribution in [3.8, 4) is 5.75 Å². The summed E-state index contributed by atoms with van der Waals surface area (Å²) in [6.45, 7) is 1.99. The Balaban J connectivity index is 2.11. The molecule has 1 aromatic heterocycles. The standard InChI is InChI=1S/C15H19N3O7/c1-3-4-8-24-14(20)17-9-15(10-17,13(19)23-2)25-11-6-5-7-16-12(11)18(21)22/h5-7H,3-4,8-10H2,1-2H3. The molecule has 10 nitrogen and oxygen atoms in total. The molecule has 2 heterocycles. The third-order valence-corrected chi connectivity index (χ3v) is 3.66. The lowest BCUT2D eigenvalue weighted by Gasteiger charge is -2.45. The van der Waals surface area contributed by atoms with E-state index in [1.54, 1.807) is 0 Å². The number of nitro groups is 1. The highest BCUT2D eigenvalue weighted by Gasteiger charge is 2.56. The van der Waals surface area contributed by atoms with Crippen LogP contribution in [0.25, 0.3) is 0 Å². The number of amides is 1. The van der Waals surface area contributed by atoms with E-state index in [9.17, 15) is 19.7 Å². The summed E-state index contributed by atoms with van der Waals surface area (Å²) < 4.78 is 15.3. The first-order valence-electron chi connectivity index (χ1n) is 7.72. The lowest BCUT2D eigenvalue weighted by molar-refractivity contribution is -0.391. The molecule has 1 saturated heterocycles. The number of ether oxygens (including phenoxy) is 3. The van der Waals surface area contributed by atoms with Crippen LogP contribution in [0, 0.1) is 10.1 Å². The molecule has 0 saturated carbocycles. The fourth-order valence-corrected chi connectivity index (χ4v) is 2.33. The van der Waals surface area contributed by atoms with E-state index in [2.05, 4.69) is 4.98 Å². The molecule has 10 heteroatoms. The Morgan fingerprint density at radius 2 is 2.16 bits per heavy atom. The van der Waals surface area contributed by atoms with E-state index < -0.39 is 28.4 Å². The smallest absolute Gasteiger partial charge is 0.410 e. The minimum atomic E-state index is -1.52. The Hall–Kier alpha value is -2.91. The SMILES string of the molecule is CCCCOC(=O)N1CC(Oc2cccnc2[N+](=O)[O-])(C(=O)OC)C1. The van der Waals surface area contributed by atoms with Crippen molar-refractivity contribution >= 4 is 17.9 Å². The number of pyridine rings is 1. The number of nitrogens with zero attached hydrogens (tertiary/aromatic N) is 3. The van der Waals surface area contributed by atoms with Crippen LogP contribution in [0.5, 0.6) is 5.75 Å². The van der Waals surface area contributed by atoms with Gasteiger partial charge in [-0.25, -0.2) is 9.59 Å². The van der Waals surface area contributed by atoms with Crippen LogP contribution < -0.4 is 4.74 Å². The molecule has 0 unspecified atom stereocenters. The maximum atomic E-state index is 12.1. The van der Waals surface area contributed by atoms with Crippen LogP contribution in [0.15, 0.2) is 18.3 Å². The first-order valence-corrected chi connectivity index (χ1v) is 7.72. The molecule has 0 radical (unpaired) electrons. The lowest BCUT2D eigenvalue weighted by atomic mass is 9.94. The van der Waals surface area contributed by atoms with Gasteiger partial charge in [0.2, 0.25) is 11.4 Å². The Morgan fingerprint density at radius 1 is 1.44 bits per heavy atom. The minimum absolute atomic E-state index is 0.128. The van der Waals surface area contributed by atoms with Crippen molar-refractivity contribution in [3.05, 3.63) is 28.4 Å². The van der Waals surface area contributed by atoms with Gasteiger partial charge in [0.05, 0.1) is 26.8 Å². The summed E-state index contributed by atoms with van der Waals surface area (Å²) in [7, 11) is 1.17. The number of esters is 1. The quantitative estimate of drug-likeness (QED) is 0.313. The van der Waals surface area contributed by atoms with Gasteiger partial charge in [0.1, 0.15) is 6.20 Å². The summed E-state index contributed by atoms with van der Waals surface area (Å²) in [6.07, 6.45) is 2.29. The third kappa shape index (κ3) is 3.95. The molecule has 1 aliphatic rings. The number of carbonyl (C=O) groups is 2. The van der Waals surface area contributed by atoms with Crippen LogP contribution >= 0.6 is 0 Å². The summed E-state index contributed by atoms with van der Waals surface area (Å²) in [5, 5.41) is 11.0. The van der Waals surface area contributed by atoms with Gasteiger partial charge in [-0.2, -0.15) is 0 Å². The molecule has 0 N–H and O–H groups in total. The summed E-state index contributed by atoms with van der Waals surface area (Å²) in [5.41, 5.74) is -1.52. The van der Waals surface area contributed by atoms with E-state index in [1.165, 1.54) is 30.3 Å². The fourth-order valence-electron chi connectivity index (χ4n) is 2.33. The molecule has 2 rings (SSSR count). The second-order valence-corrected chi connectivity index (χ2v) is 5.49. The van der Waals surface area contributed by atoms with E-state index in [4.69, 9.17) is 14.2 Å². The zero-order valence-electron chi connectivity index (χ0n) is 14.0. The number of aromatic nitrogens is 1. The van der Waals surface area contributed by atoms with Gasteiger partial charge in [0.15, 0.2) is 0 Å². The number of carbonyl (C=O) groups excluding carboxylic acids is 2. The normalized spacial score (nSPS) is 15.0. The van der Waals surface area contributed by atoms with Crippen molar-refractivity contribution in [2.24, 2.45) is 0 Å². The largest absolute Gasteiger partial charge is 0.466 e. The van der Waals surface area contributed by atoms with Crippen molar-refractivity contribution in [2.45, 2.75) is 25.4 Å². The van der Waals surface area contributed by atoms with Crippen LogP contribution in [0.3, 0.4) is 0 Å². The molecule has 0 atom stereocenters. The summed E-state index contributed by atoms with van der Waals surface area (Å²) in [6, 6.07) is 2.78. The summed E-state index contributed by atoms with van der Waals surface area (Å²) in [5.74, 6) is -1.42. The third-order valence-electron chi connectivity index (χ3n) is 3.66. The summed E-state index contributed by atoms with van der Waals surface area (Å²) in [4.78, 5) is 39.2. The second-order valence-electron chi connectivity index (χ2n) is 5.49. The van der Waals surface area contributed by atoms with E-state index >= 15 is 0 Å². The van der Waals surface area contributed by atoms with Crippen molar-refractivity contribution in [2.75, 3.05) is 26.8 Å². The Bertz CT molecular complexity index is 658. The zero-order chi connectivity index (χ0) is 18.4. The molecule has 136 valence electrons. The molecule has 0 aliphatic carbocycles. The van der Waals surface area contributed by atoms with E-state index in [0.29, 0.717) is 0 Å². The molecule has 1 fully saturated rings.